The highest BCUT2D eigenvalue weighted by molar-refractivity contribution is 5.98. The maximum absolute atomic E-state index is 13.0. The molecular formula is C11H13FN2O4. The zero-order chi connectivity index (χ0) is 13.5. The molecule has 7 heteroatoms. The molecule has 1 aromatic rings. The first-order valence-electron chi connectivity index (χ1n) is 5.27. The lowest BCUT2D eigenvalue weighted by Gasteiger charge is -2.05. The molecule has 0 saturated heterocycles. The lowest BCUT2D eigenvalue weighted by atomic mass is 10.1. The second kappa shape index (κ2) is 6.65. The fourth-order valence-electron chi connectivity index (χ4n) is 1.36. The number of nitro benzene ring substituents is 1. The standard InChI is InChI=1S/C11H13FN2O4/c1-18-6-2-5-13-11(15)9-7-8(12)3-4-10(9)14(16)17/h3-4,7H,2,5-6H2,1H3,(H,13,15). The normalized spacial score (nSPS) is 10.1. The van der Waals surface area contributed by atoms with Crippen molar-refractivity contribution in [3.8, 4) is 0 Å². The van der Waals surface area contributed by atoms with Gasteiger partial charge in [-0.25, -0.2) is 4.39 Å². The molecule has 0 spiro atoms. The average molecular weight is 256 g/mol. The van der Waals surface area contributed by atoms with Gasteiger partial charge in [0.1, 0.15) is 11.4 Å². The van der Waals surface area contributed by atoms with Crippen LogP contribution in [0.25, 0.3) is 0 Å². The van der Waals surface area contributed by atoms with Crippen LogP contribution >= 0.6 is 0 Å². The van der Waals surface area contributed by atoms with Crippen LogP contribution in [-0.4, -0.2) is 31.1 Å². The monoisotopic (exact) mass is 256 g/mol. The number of nitro groups is 1. The van der Waals surface area contributed by atoms with Crippen LogP contribution in [-0.2, 0) is 4.74 Å². The van der Waals surface area contributed by atoms with E-state index in [0.717, 1.165) is 18.2 Å². The predicted molar refractivity (Wildman–Crippen MR) is 61.9 cm³/mol. The molecule has 0 heterocycles. The van der Waals surface area contributed by atoms with Gasteiger partial charge in [-0.2, -0.15) is 0 Å². The van der Waals surface area contributed by atoms with Crippen LogP contribution in [0.2, 0.25) is 0 Å². The summed E-state index contributed by atoms with van der Waals surface area (Å²) in [5.74, 6) is -1.36. The van der Waals surface area contributed by atoms with Gasteiger partial charge in [-0.15, -0.1) is 0 Å². The molecule has 0 radical (unpaired) electrons. The molecule has 6 nitrogen and oxygen atoms in total. The van der Waals surface area contributed by atoms with E-state index in [-0.39, 0.29) is 5.56 Å². The van der Waals surface area contributed by atoms with E-state index < -0.39 is 22.3 Å². The van der Waals surface area contributed by atoms with Crippen LogP contribution in [0.4, 0.5) is 10.1 Å². The highest BCUT2D eigenvalue weighted by Crippen LogP contribution is 2.19. The quantitative estimate of drug-likeness (QED) is 0.475. The third-order valence-electron chi connectivity index (χ3n) is 2.21. The predicted octanol–water partition coefficient (Wildman–Crippen LogP) is 1.50. The van der Waals surface area contributed by atoms with Crippen molar-refractivity contribution >= 4 is 11.6 Å². The van der Waals surface area contributed by atoms with Crippen LogP contribution in [0.5, 0.6) is 0 Å². The summed E-state index contributed by atoms with van der Waals surface area (Å²) >= 11 is 0. The lowest BCUT2D eigenvalue weighted by Crippen LogP contribution is -2.26. The summed E-state index contributed by atoms with van der Waals surface area (Å²) in [5.41, 5.74) is -0.696. The van der Waals surface area contributed by atoms with Crippen molar-refractivity contribution in [3.63, 3.8) is 0 Å². The Bertz CT molecular complexity index is 451. The topological polar surface area (TPSA) is 81.5 Å². The number of ether oxygens (including phenoxy) is 1. The summed E-state index contributed by atoms with van der Waals surface area (Å²) in [6.45, 7) is 0.770. The number of carbonyl (C=O) groups is 1. The van der Waals surface area contributed by atoms with Crippen molar-refractivity contribution in [1.82, 2.24) is 5.32 Å². The first-order chi connectivity index (χ1) is 8.56. The summed E-state index contributed by atoms with van der Waals surface area (Å²) in [6.07, 6.45) is 0.575. The van der Waals surface area contributed by atoms with Crippen LogP contribution in [0, 0.1) is 15.9 Å². The molecule has 1 rings (SSSR count). The first kappa shape index (κ1) is 14.0. The van der Waals surface area contributed by atoms with Crippen LogP contribution in [0.3, 0.4) is 0 Å². The molecule has 98 valence electrons. The van der Waals surface area contributed by atoms with E-state index in [4.69, 9.17) is 4.74 Å². The highest BCUT2D eigenvalue weighted by atomic mass is 19.1. The van der Waals surface area contributed by atoms with E-state index in [1.165, 1.54) is 7.11 Å². The highest BCUT2D eigenvalue weighted by Gasteiger charge is 2.20. The minimum atomic E-state index is -0.719. The lowest BCUT2D eigenvalue weighted by molar-refractivity contribution is -0.385. The van der Waals surface area contributed by atoms with Crippen LogP contribution < -0.4 is 5.32 Å². The zero-order valence-corrected chi connectivity index (χ0v) is 9.81. The SMILES string of the molecule is COCCCNC(=O)c1cc(F)ccc1[N+](=O)[O-]. The van der Waals surface area contributed by atoms with Crippen molar-refractivity contribution in [2.45, 2.75) is 6.42 Å². The number of methoxy groups -OCH3 is 1. The Morgan fingerprint density at radius 3 is 2.89 bits per heavy atom. The molecule has 0 atom stereocenters. The fraction of sp³-hybridized carbons (Fsp3) is 0.364. The van der Waals surface area contributed by atoms with E-state index in [1.807, 2.05) is 0 Å². The number of amides is 1. The van der Waals surface area contributed by atoms with E-state index in [0.29, 0.717) is 19.6 Å². The molecule has 0 bridgehead atoms. The van der Waals surface area contributed by atoms with Gasteiger partial charge in [-0.05, 0) is 18.6 Å². The van der Waals surface area contributed by atoms with Crippen molar-refractivity contribution in [1.29, 1.82) is 0 Å². The molecular weight excluding hydrogens is 243 g/mol. The Kier molecular flexibility index (Phi) is 5.19. The molecule has 0 aliphatic heterocycles. The Morgan fingerprint density at radius 2 is 2.28 bits per heavy atom. The number of nitrogens with one attached hydrogen (secondary N) is 1. The van der Waals surface area contributed by atoms with Gasteiger partial charge >= 0.3 is 0 Å². The average Bonchev–Trinajstić information content (AvgIpc) is 2.34. The molecule has 18 heavy (non-hydrogen) atoms. The van der Waals surface area contributed by atoms with Crippen molar-refractivity contribution in [2.75, 3.05) is 20.3 Å². The number of carbonyl (C=O) groups excluding carboxylic acids is 1. The van der Waals surface area contributed by atoms with Crippen LogP contribution in [0.15, 0.2) is 18.2 Å². The second-order valence-electron chi connectivity index (χ2n) is 3.52. The fourth-order valence-corrected chi connectivity index (χ4v) is 1.36. The van der Waals surface area contributed by atoms with Crippen molar-refractivity contribution < 1.29 is 18.8 Å². The number of hydrogen-bond acceptors (Lipinski definition) is 4. The van der Waals surface area contributed by atoms with Crippen molar-refractivity contribution in [3.05, 3.63) is 39.7 Å². The van der Waals surface area contributed by atoms with Gasteiger partial charge in [-0.1, -0.05) is 0 Å². The van der Waals surface area contributed by atoms with E-state index >= 15 is 0 Å². The second-order valence-corrected chi connectivity index (χ2v) is 3.52. The molecule has 0 aliphatic rings. The van der Waals surface area contributed by atoms with Gasteiger partial charge < -0.3 is 10.1 Å². The minimum absolute atomic E-state index is 0.280. The Balaban J connectivity index is 2.77. The smallest absolute Gasteiger partial charge is 0.282 e. The van der Waals surface area contributed by atoms with Crippen LogP contribution in [0.1, 0.15) is 16.8 Å². The summed E-state index contributed by atoms with van der Waals surface area (Å²) in [7, 11) is 1.53. The third kappa shape index (κ3) is 3.77. The maximum Gasteiger partial charge on any atom is 0.282 e. The third-order valence-corrected chi connectivity index (χ3v) is 2.21. The molecule has 1 aromatic carbocycles. The van der Waals surface area contributed by atoms with Gasteiger partial charge in [0.05, 0.1) is 4.92 Å². The number of halogens is 1. The summed E-state index contributed by atoms with van der Waals surface area (Å²) in [5, 5.41) is 13.2. The number of hydrogen-bond donors (Lipinski definition) is 1. The molecule has 0 unspecified atom stereocenters. The zero-order valence-electron chi connectivity index (χ0n) is 9.81. The molecule has 1 N–H and O–H groups in total. The summed E-state index contributed by atoms with van der Waals surface area (Å²) < 4.78 is 17.8. The van der Waals surface area contributed by atoms with Gasteiger partial charge in [0.15, 0.2) is 0 Å². The molecule has 0 aromatic heterocycles. The molecule has 1 amide bonds. The van der Waals surface area contributed by atoms with E-state index in [2.05, 4.69) is 5.32 Å². The molecule has 0 aliphatic carbocycles. The van der Waals surface area contributed by atoms with Gasteiger partial charge in [0, 0.05) is 26.3 Å². The molecule has 0 saturated carbocycles. The largest absolute Gasteiger partial charge is 0.385 e. The Morgan fingerprint density at radius 1 is 1.56 bits per heavy atom. The first-order valence-corrected chi connectivity index (χ1v) is 5.27. The van der Waals surface area contributed by atoms with Crippen molar-refractivity contribution in [2.24, 2.45) is 0 Å². The van der Waals surface area contributed by atoms with E-state index in [9.17, 15) is 19.3 Å². The molecule has 0 fully saturated rings. The number of rotatable bonds is 6. The van der Waals surface area contributed by atoms with Gasteiger partial charge in [0.25, 0.3) is 11.6 Å². The van der Waals surface area contributed by atoms with Gasteiger partial charge in [-0.3, -0.25) is 14.9 Å². The maximum atomic E-state index is 13.0. The Labute approximate surface area is 103 Å². The minimum Gasteiger partial charge on any atom is -0.385 e. The number of nitrogens with zero attached hydrogens (tertiary/aromatic N) is 1. The van der Waals surface area contributed by atoms with Gasteiger partial charge in [0.2, 0.25) is 0 Å². The van der Waals surface area contributed by atoms with E-state index in [1.54, 1.807) is 0 Å². The summed E-state index contributed by atoms with van der Waals surface area (Å²) in [6, 6.07) is 2.77. The number of benzene rings is 1. The Hall–Kier alpha value is -2.02. The summed E-state index contributed by atoms with van der Waals surface area (Å²) in [4.78, 5) is 21.6.